The van der Waals surface area contributed by atoms with Gasteiger partial charge in [0.1, 0.15) is 6.61 Å². The van der Waals surface area contributed by atoms with Gasteiger partial charge >= 0.3 is 0 Å². The molecule has 2 aromatic carbocycles. The van der Waals surface area contributed by atoms with E-state index in [0.29, 0.717) is 22.6 Å². The maximum atomic E-state index is 12.0. The third-order valence-corrected chi connectivity index (χ3v) is 4.41. The van der Waals surface area contributed by atoms with Crippen LogP contribution in [-0.2, 0) is 4.79 Å². The maximum Gasteiger partial charge on any atom is 0.277 e. The number of para-hydroxylation sites is 3. The first-order chi connectivity index (χ1) is 12.8. The summed E-state index contributed by atoms with van der Waals surface area (Å²) in [6, 6.07) is 16.7. The highest BCUT2D eigenvalue weighted by molar-refractivity contribution is 7.99. The molecule has 132 valence electrons. The Hall–Kier alpha value is -3.00. The number of nitrogens with one attached hydrogen (secondary N) is 1. The monoisotopic (exact) mass is 369 g/mol. The summed E-state index contributed by atoms with van der Waals surface area (Å²) in [6.45, 7) is 0.289. The van der Waals surface area contributed by atoms with Crippen LogP contribution < -0.4 is 14.8 Å². The van der Waals surface area contributed by atoms with E-state index in [2.05, 4.69) is 15.5 Å². The van der Waals surface area contributed by atoms with Gasteiger partial charge in [0.2, 0.25) is 12.0 Å². The maximum absolute atomic E-state index is 12.0. The van der Waals surface area contributed by atoms with Crippen LogP contribution in [0.15, 0.2) is 64.2 Å². The second-order valence-electron chi connectivity index (χ2n) is 5.47. The van der Waals surface area contributed by atoms with Crippen molar-refractivity contribution in [3.63, 3.8) is 0 Å². The Morgan fingerprint density at radius 2 is 1.85 bits per heavy atom. The van der Waals surface area contributed by atoms with Gasteiger partial charge in [0.05, 0.1) is 5.75 Å². The predicted molar refractivity (Wildman–Crippen MR) is 95.4 cm³/mol. The van der Waals surface area contributed by atoms with Crippen LogP contribution in [-0.4, -0.2) is 28.5 Å². The van der Waals surface area contributed by atoms with Gasteiger partial charge in [0.25, 0.3) is 11.1 Å². The first-order valence-electron chi connectivity index (χ1n) is 7.97. The molecule has 0 radical (unpaired) electrons. The lowest BCUT2D eigenvalue weighted by atomic mass is 10.2. The zero-order valence-corrected chi connectivity index (χ0v) is 14.4. The number of carbonyl (C=O) groups excluding carboxylic acids is 1. The molecule has 7 nitrogen and oxygen atoms in total. The summed E-state index contributed by atoms with van der Waals surface area (Å²) in [5.74, 6) is 1.67. The molecule has 0 unspecified atom stereocenters. The summed E-state index contributed by atoms with van der Waals surface area (Å²) in [5, 5.41) is 11.1. The van der Waals surface area contributed by atoms with Crippen molar-refractivity contribution in [3.05, 3.63) is 60.5 Å². The molecule has 0 saturated heterocycles. The van der Waals surface area contributed by atoms with E-state index in [4.69, 9.17) is 13.9 Å². The van der Waals surface area contributed by atoms with Crippen LogP contribution in [0.25, 0.3) is 0 Å². The zero-order valence-electron chi connectivity index (χ0n) is 13.6. The predicted octanol–water partition coefficient (Wildman–Crippen LogP) is 3.31. The van der Waals surface area contributed by atoms with Crippen molar-refractivity contribution >= 4 is 23.4 Å². The molecule has 1 aromatic heterocycles. The minimum absolute atomic E-state index is 0.146. The number of hydrogen-bond acceptors (Lipinski definition) is 7. The van der Waals surface area contributed by atoms with Gasteiger partial charge in [-0.3, -0.25) is 4.79 Å². The highest BCUT2D eigenvalue weighted by Gasteiger charge is 2.27. The number of thioether (sulfide) groups is 1. The molecule has 2 heterocycles. The van der Waals surface area contributed by atoms with E-state index in [1.54, 1.807) is 0 Å². The second-order valence-corrected chi connectivity index (χ2v) is 6.40. The molecule has 0 bridgehead atoms. The fourth-order valence-electron chi connectivity index (χ4n) is 2.40. The smallest absolute Gasteiger partial charge is 0.277 e. The number of anilines is 1. The molecule has 4 rings (SSSR count). The minimum atomic E-state index is -0.468. The molecule has 0 fully saturated rings. The highest BCUT2D eigenvalue weighted by atomic mass is 32.2. The van der Waals surface area contributed by atoms with Crippen LogP contribution in [0.4, 0.5) is 5.69 Å². The van der Waals surface area contributed by atoms with Gasteiger partial charge in [-0.15, -0.1) is 10.2 Å². The van der Waals surface area contributed by atoms with Crippen LogP contribution >= 0.6 is 11.8 Å². The van der Waals surface area contributed by atoms with Crippen LogP contribution in [0.2, 0.25) is 0 Å². The van der Waals surface area contributed by atoms with Crippen LogP contribution in [0, 0.1) is 0 Å². The normalized spacial score (nSPS) is 15.5. The quantitative estimate of drug-likeness (QED) is 0.690. The summed E-state index contributed by atoms with van der Waals surface area (Å²) < 4.78 is 17.1. The Labute approximate surface area is 153 Å². The number of aromatic nitrogens is 2. The van der Waals surface area contributed by atoms with Gasteiger partial charge < -0.3 is 19.2 Å². The number of nitrogens with zero attached hydrogens (tertiary/aromatic N) is 2. The first kappa shape index (κ1) is 16.5. The molecule has 0 saturated carbocycles. The molecule has 0 spiro atoms. The number of ether oxygens (including phenoxy) is 2. The number of carbonyl (C=O) groups is 1. The van der Waals surface area contributed by atoms with E-state index in [-0.39, 0.29) is 18.3 Å². The van der Waals surface area contributed by atoms with Crippen molar-refractivity contribution in [1.29, 1.82) is 0 Å². The summed E-state index contributed by atoms with van der Waals surface area (Å²) in [5.41, 5.74) is 0.746. The largest absolute Gasteiger partial charge is 0.485 e. The van der Waals surface area contributed by atoms with E-state index in [9.17, 15) is 4.79 Å². The molecule has 1 N–H and O–H groups in total. The van der Waals surface area contributed by atoms with Gasteiger partial charge in [0.15, 0.2) is 11.5 Å². The molecule has 8 heteroatoms. The Bertz CT molecular complexity index is 900. The molecule has 1 amide bonds. The van der Waals surface area contributed by atoms with E-state index < -0.39 is 6.10 Å². The molecule has 1 atom stereocenters. The number of amides is 1. The Balaban J connectivity index is 1.33. The summed E-state index contributed by atoms with van der Waals surface area (Å²) >= 11 is 1.17. The van der Waals surface area contributed by atoms with Crippen LogP contribution in [0.1, 0.15) is 12.0 Å². The molecular formula is C18H15N3O4S. The van der Waals surface area contributed by atoms with Gasteiger partial charge in [-0.2, -0.15) is 0 Å². The zero-order chi connectivity index (χ0) is 17.8. The van der Waals surface area contributed by atoms with Gasteiger partial charge in [-0.1, -0.05) is 42.1 Å². The number of benzene rings is 2. The highest BCUT2D eigenvalue weighted by Crippen LogP contribution is 2.35. The van der Waals surface area contributed by atoms with Gasteiger partial charge in [0, 0.05) is 5.69 Å². The number of rotatable bonds is 5. The van der Waals surface area contributed by atoms with Crippen molar-refractivity contribution in [2.75, 3.05) is 17.7 Å². The average molecular weight is 369 g/mol. The molecule has 0 aliphatic carbocycles. The van der Waals surface area contributed by atoms with Crippen LogP contribution in [0.5, 0.6) is 11.5 Å². The van der Waals surface area contributed by atoms with Gasteiger partial charge in [-0.25, -0.2) is 0 Å². The van der Waals surface area contributed by atoms with Crippen molar-refractivity contribution in [3.8, 4) is 11.5 Å². The minimum Gasteiger partial charge on any atom is -0.485 e. The van der Waals surface area contributed by atoms with Crippen molar-refractivity contribution in [2.24, 2.45) is 0 Å². The fraction of sp³-hybridized carbons (Fsp3) is 0.167. The lowest BCUT2D eigenvalue weighted by Gasteiger charge is -2.23. The fourth-order valence-corrected chi connectivity index (χ4v) is 2.97. The number of hydrogen-bond donors (Lipinski definition) is 1. The topological polar surface area (TPSA) is 86.5 Å². The number of fused-ring (bicyclic) bond motifs is 1. The summed E-state index contributed by atoms with van der Waals surface area (Å²) in [6.07, 6.45) is -0.468. The lowest BCUT2D eigenvalue weighted by Crippen LogP contribution is -2.21. The molecule has 1 aliphatic heterocycles. The average Bonchev–Trinajstić information content (AvgIpc) is 3.16. The van der Waals surface area contributed by atoms with Crippen molar-refractivity contribution in [2.45, 2.75) is 11.3 Å². The van der Waals surface area contributed by atoms with E-state index in [1.165, 1.54) is 11.8 Å². The summed E-state index contributed by atoms with van der Waals surface area (Å²) in [7, 11) is 0. The van der Waals surface area contributed by atoms with Gasteiger partial charge in [-0.05, 0) is 24.3 Å². The van der Waals surface area contributed by atoms with E-state index in [1.807, 2.05) is 54.6 Å². The van der Waals surface area contributed by atoms with Crippen molar-refractivity contribution < 1.29 is 18.7 Å². The molecule has 1 aliphatic rings. The van der Waals surface area contributed by atoms with E-state index in [0.717, 1.165) is 5.69 Å². The lowest BCUT2D eigenvalue weighted by molar-refractivity contribution is -0.113. The molecule has 3 aromatic rings. The summed E-state index contributed by atoms with van der Waals surface area (Å²) in [4.78, 5) is 12.0. The standard InChI is InChI=1S/C18H15N3O4S/c22-16(19-12-6-2-1-3-7-12)11-26-18-21-20-17(25-18)15-10-23-13-8-4-5-9-14(13)24-15/h1-9,15H,10-11H2,(H,19,22)/t15-/m0/s1. The first-order valence-corrected chi connectivity index (χ1v) is 8.96. The van der Waals surface area contributed by atoms with E-state index >= 15 is 0 Å². The Kier molecular flexibility index (Phi) is 4.74. The second kappa shape index (κ2) is 7.49. The molecule has 26 heavy (non-hydrogen) atoms. The third kappa shape index (κ3) is 3.80. The molecular weight excluding hydrogens is 354 g/mol. The Morgan fingerprint density at radius 3 is 2.69 bits per heavy atom. The van der Waals surface area contributed by atoms with Crippen LogP contribution in [0.3, 0.4) is 0 Å². The Morgan fingerprint density at radius 1 is 1.08 bits per heavy atom. The SMILES string of the molecule is O=C(CSc1nnc([C@@H]2COc3ccccc3O2)o1)Nc1ccccc1. The third-order valence-electron chi connectivity index (χ3n) is 3.59. The van der Waals surface area contributed by atoms with Crippen molar-refractivity contribution in [1.82, 2.24) is 10.2 Å².